The minimum Gasteiger partial charge on any atom is -0.466 e. The molecule has 150 valence electrons. The van der Waals surface area contributed by atoms with E-state index in [1.165, 1.54) is 24.3 Å². The van der Waals surface area contributed by atoms with E-state index in [-0.39, 0.29) is 21.3 Å². The predicted molar refractivity (Wildman–Crippen MR) is 97.9 cm³/mol. The second-order valence-corrected chi connectivity index (χ2v) is 6.28. The third-order valence-corrected chi connectivity index (χ3v) is 4.11. The summed E-state index contributed by atoms with van der Waals surface area (Å²) in [5, 5.41) is 1.62. The quantitative estimate of drug-likeness (QED) is 0.365. The SMILES string of the molecule is COC(=O)C(NNc1ccccc1)(NC(=O)c1ccc(Cl)cc1Cl)C(F)(F)F. The van der Waals surface area contributed by atoms with Crippen molar-refractivity contribution >= 4 is 40.8 Å². The molecule has 0 saturated carbocycles. The van der Waals surface area contributed by atoms with Crippen LogP contribution >= 0.6 is 23.2 Å². The van der Waals surface area contributed by atoms with E-state index in [2.05, 4.69) is 10.2 Å². The molecule has 0 bridgehead atoms. The van der Waals surface area contributed by atoms with Crippen molar-refractivity contribution in [3.05, 3.63) is 64.1 Å². The Morgan fingerprint density at radius 1 is 1.04 bits per heavy atom. The molecule has 2 aromatic rings. The molecule has 0 fully saturated rings. The van der Waals surface area contributed by atoms with Crippen molar-refractivity contribution in [3.8, 4) is 0 Å². The van der Waals surface area contributed by atoms with Crippen LogP contribution in [0.4, 0.5) is 18.9 Å². The molecule has 1 atom stereocenters. The van der Waals surface area contributed by atoms with Crippen LogP contribution in [0.5, 0.6) is 0 Å². The Labute approximate surface area is 167 Å². The summed E-state index contributed by atoms with van der Waals surface area (Å²) in [6.45, 7) is 0. The lowest BCUT2D eigenvalue weighted by molar-refractivity contribution is -0.215. The van der Waals surface area contributed by atoms with Crippen LogP contribution in [0.1, 0.15) is 10.4 Å². The Kier molecular flexibility index (Phi) is 6.76. The number of hydrogen-bond donors (Lipinski definition) is 3. The Bertz CT molecular complexity index is 866. The Morgan fingerprint density at radius 3 is 2.21 bits per heavy atom. The summed E-state index contributed by atoms with van der Waals surface area (Å²) in [6, 6.07) is 11.2. The molecular formula is C17H14Cl2F3N3O3. The maximum atomic E-state index is 13.9. The number of halogens is 5. The van der Waals surface area contributed by atoms with Crippen LogP contribution < -0.4 is 16.2 Å². The van der Waals surface area contributed by atoms with Gasteiger partial charge in [-0.25, -0.2) is 4.79 Å². The van der Waals surface area contributed by atoms with E-state index < -0.39 is 23.7 Å². The van der Waals surface area contributed by atoms with E-state index in [1.54, 1.807) is 23.5 Å². The summed E-state index contributed by atoms with van der Waals surface area (Å²) in [6.07, 6.45) is -5.28. The number of carbonyl (C=O) groups is 2. The van der Waals surface area contributed by atoms with Crippen LogP contribution in [0.3, 0.4) is 0 Å². The highest BCUT2D eigenvalue weighted by molar-refractivity contribution is 6.36. The van der Waals surface area contributed by atoms with Gasteiger partial charge in [0.05, 0.1) is 17.7 Å². The van der Waals surface area contributed by atoms with Gasteiger partial charge in [0, 0.05) is 10.7 Å². The van der Waals surface area contributed by atoms with Crippen molar-refractivity contribution in [2.45, 2.75) is 11.8 Å². The summed E-state index contributed by atoms with van der Waals surface area (Å²) >= 11 is 11.6. The zero-order valence-corrected chi connectivity index (χ0v) is 15.7. The Hall–Kier alpha value is -2.49. The van der Waals surface area contributed by atoms with Gasteiger partial charge in [-0.05, 0) is 30.3 Å². The largest absolute Gasteiger partial charge is 0.466 e. The van der Waals surface area contributed by atoms with Crippen LogP contribution in [0.25, 0.3) is 0 Å². The molecule has 2 aromatic carbocycles. The molecule has 0 spiro atoms. The highest BCUT2D eigenvalue weighted by atomic mass is 35.5. The molecule has 1 amide bonds. The van der Waals surface area contributed by atoms with Crippen molar-refractivity contribution in [2.24, 2.45) is 0 Å². The first kappa shape index (κ1) is 21.8. The minimum atomic E-state index is -5.28. The van der Waals surface area contributed by atoms with E-state index in [0.717, 1.165) is 13.2 Å². The second kappa shape index (κ2) is 8.68. The van der Waals surface area contributed by atoms with Crippen molar-refractivity contribution in [3.63, 3.8) is 0 Å². The van der Waals surface area contributed by atoms with Gasteiger partial charge in [0.15, 0.2) is 0 Å². The molecule has 0 aliphatic rings. The van der Waals surface area contributed by atoms with Crippen LogP contribution in [0, 0.1) is 0 Å². The predicted octanol–water partition coefficient (Wildman–Crippen LogP) is 3.77. The molecule has 28 heavy (non-hydrogen) atoms. The molecule has 0 saturated heterocycles. The van der Waals surface area contributed by atoms with Crippen molar-refractivity contribution in [2.75, 3.05) is 12.5 Å². The molecule has 0 aromatic heterocycles. The first-order valence-electron chi connectivity index (χ1n) is 7.61. The average Bonchev–Trinajstić information content (AvgIpc) is 2.64. The highest BCUT2D eigenvalue weighted by Gasteiger charge is 2.63. The number of alkyl halides is 3. The number of methoxy groups -OCH3 is 1. The van der Waals surface area contributed by atoms with E-state index in [0.29, 0.717) is 0 Å². The summed E-state index contributed by atoms with van der Waals surface area (Å²) in [5.41, 5.74) is 0.362. The van der Waals surface area contributed by atoms with Crippen molar-refractivity contribution in [1.82, 2.24) is 10.7 Å². The monoisotopic (exact) mass is 435 g/mol. The zero-order chi connectivity index (χ0) is 20.9. The summed E-state index contributed by atoms with van der Waals surface area (Å²) < 4.78 is 45.9. The first-order valence-corrected chi connectivity index (χ1v) is 8.37. The fourth-order valence-corrected chi connectivity index (χ4v) is 2.64. The Balaban J connectivity index is 2.41. The number of benzene rings is 2. The zero-order valence-electron chi connectivity index (χ0n) is 14.2. The van der Waals surface area contributed by atoms with Crippen LogP contribution in [-0.4, -0.2) is 30.8 Å². The number of rotatable bonds is 6. The molecule has 0 radical (unpaired) electrons. The molecule has 0 heterocycles. The number of esters is 1. The van der Waals surface area contributed by atoms with Crippen LogP contribution in [0.2, 0.25) is 10.0 Å². The summed E-state index contributed by atoms with van der Waals surface area (Å²) in [4.78, 5) is 24.6. The van der Waals surface area contributed by atoms with Gasteiger partial charge < -0.3 is 15.5 Å². The van der Waals surface area contributed by atoms with Gasteiger partial charge in [0.2, 0.25) is 0 Å². The van der Waals surface area contributed by atoms with E-state index >= 15 is 0 Å². The van der Waals surface area contributed by atoms with Gasteiger partial charge >= 0.3 is 17.8 Å². The molecule has 0 aliphatic carbocycles. The number of carbonyl (C=O) groups excluding carboxylic acids is 2. The smallest absolute Gasteiger partial charge is 0.438 e. The number of amides is 1. The van der Waals surface area contributed by atoms with Gasteiger partial charge in [-0.2, -0.15) is 18.6 Å². The van der Waals surface area contributed by atoms with E-state index in [9.17, 15) is 22.8 Å². The molecule has 1 unspecified atom stereocenters. The summed E-state index contributed by atoms with van der Waals surface area (Å²) in [5.74, 6) is -3.06. The lowest BCUT2D eigenvalue weighted by atomic mass is 10.1. The number of ether oxygens (including phenoxy) is 1. The molecule has 6 nitrogen and oxygen atoms in total. The number of hydrazine groups is 1. The average molecular weight is 436 g/mol. The lowest BCUT2D eigenvalue weighted by Crippen LogP contribution is -2.73. The number of hydrogen-bond acceptors (Lipinski definition) is 5. The van der Waals surface area contributed by atoms with Crippen molar-refractivity contribution in [1.29, 1.82) is 0 Å². The number of para-hydroxylation sites is 1. The number of anilines is 1. The van der Waals surface area contributed by atoms with Crippen molar-refractivity contribution < 1.29 is 27.5 Å². The first-order chi connectivity index (χ1) is 13.1. The standard InChI is InChI=1S/C17H14Cl2F3N3O3/c1-28-15(27)16(17(20,21)22,25-24-11-5-3-2-4-6-11)23-14(26)12-8-7-10(18)9-13(12)19/h2-9,24-25H,1H3,(H,23,26). The van der Waals surface area contributed by atoms with Gasteiger partial charge in [-0.1, -0.05) is 41.4 Å². The molecule has 11 heteroatoms. The van der Waals surface area contributed by atoms with Crippen LogP contribution in [0.15, 0.2) is 48.5 Å². The van der Waals surface area contributed by atoms with E-state index in [1.807, 2.05) is 5.43 Å². The van der Waals surface area contributed by atoms with E-state index in [4.69, 9.17) is 23.2 Å². The third-order valence-electron chi connectivity index (χ3n) is 3.56. The van der Waals surface area contributed by atoms with Crippen LogP contribution in [-0.2, 0) is 9.53 Å². The van der Waals surface area contributed by atoms with Gasteiger partial charge in [-0.3, -0.25) is 4.79 Å². The fourth-order valence-electron chi connectivity index (χ4n) is 2.14. The normalized spacial score (nSPS) is 13.4. The van der Waals surface area contributed by atoms with Gasteiger partial charge in [-0.15, -0.1) is 0 Å². The molecule has 0 aliphatic heterocycles. The lowest BCUT2D eigenvalue weighted by Gasteiger charge is -2.34. The fraction of sp³-hybridized carbons (Fsp3) is 0.176. The molecule has 2 rings (SSSR count). The third kappa shape index (κ3) is 4.67. The summed E-state index contributed by atoms with van der Waals surface area (Å²) in [7, 11) is 0.758. The Morgan fingerprint density at radius 2 is 1.68 bits per heavy atom. The van der Waals surface area contributed by atoms with Gasteiger partial charge in [0.1, 0.15) is 0 Å². The number of nitrogens with one attached hydrogen (secondary N) is 3. The maximum Gasteiger partial charge on any atom is 0.438 e. The molecular weight excluding hydrogens is 422 g/mol. The maximum absolute atomic E-state index is 13.9. The van der Waals surface area contributed by atoms with Gasteiger partial charge in [0.25, 0.3) is 5.91 Å². The molecule has 3 N–H and O–H groups in total. The highest BCUT2D eigenvalue weighted by Crippen LogP contribution is 2.31. The topological polar surface area (TPSA) is 79.5 Å². The second-order valence-electron chi connectivity index (χ2n) is 5.43. The minimum absolute atomic E-state index is 0.181.